The average molecular weight is 442 g/mol. The third-order valence-corrected chi connectivity index (χ3v) is 4.59. The van der Waals surface area contributed by atoms with Gasteiger partial charge < -0.3 is 15.3 Å². The molecule has 6 heteroatoms. The Balaban J connectivity index is 2.36. The number of rotatable bonds is 3. The number of carbonyl (C=O) groups excluding carboxylic acids is 1. The van der Waals surface area contributed by atoms with Crippen molar-refractivity contribution in [3.05, 3.63) is 56.1 Å². The van der Waals surface area contributed by atoms with Crippen LogP contribution >= 0.6 is 31.9 Å². The number of aromatic hydroxyl groups is 1. The van der Waals surface area contributed by atoms with E-state index in [1.54, 1.807) is 6.92 Å². The molecule has 0 amide bonds. The van der Waals surface area contributed by atoms with Gasteiger partial charge in [0, 0.05) is 29.1 Å². The van der Waals surface area contributed by atoms with Gasteiger partial charge in [-0.1, -0.05) is 6.92 Å². The zero-order valence-corrected chi connectivity index (χ0v) is 15.1. The number of phenols is 1. The third-order valence-electron chi connectivity index (χ3n) is 3.38. The lowest BCUT2D eigenvalue weighted by Crippen LogP contribution is -2.04. The number of nitrogen functional groups attached to an aromatic ring is 1. The van der Waals surface area contributed by atoms with Crippen LogP contribution in [0.1, 0.15) is 32.7 Å². The van der Waals surface area contributed by atoms with Crippen molar-refractivity contribution in [3.63, 3.8) is 0 Å². The van der Waals surface area contributed by atoms with Gasteiger partial charge in [-0.15, -0.1) is 0 Å². The topological polar surface area (TPSA) is 76.5 Å². The molecular formula is C17H13Br2NO3. The van der Waals surface area contributed by atoms with E-state index in [0.29, 0.717) is 21.1 Å². The predicted octanol–water partition coefficient (Wildman–Crippen LogP) is 5.04. The Morgan fingerprint density at radius 2 is 2.00 bits per heavy atom. The number of nitrogens with two attached hydrogens (primary N) is 1. The third kappa shape index (κ3) is 2.77. The van der Waals surface area contributed by atoms with Crippen molar-refractivity contribution in [2.45, 2.75) is 13.3 Å². The summed E-state index contributed by atoms with van der Waals surface area (Å²) in [6.07, 6.45) is 0.363. The lowest BCUT2D eigenvalue weighted by atomic mass is 9.99. The first-order valence-corrected chi connectivity index (χ1v) is 8.30. The van der Waals surface area contributed by atoms with Crippen molar-refractivity contribution < 1.29 is 18.4 Å². The standard InChI is InChI=1S/C17H13Br2NO3/c1-2-13-15(10-4-3-9(20)7-14(10)23-13)16(21)8-5-11(18)17(22)12(19)6-8/h3-7,22H,2,20H2,1H3/i3D,4D,7D. The minimum Gasteiger partial charge on any atom is -0.506 e. The van der Waals surface area contributed by atoms with Gasteiger partial charge in [0.1, 0.15) is 17.1 Å². The van der Waals surface area contributed by atoms with Crippen LogP contribution in [-0.2, 0) is 6.42 Å². The first-order valence-electron chi connectivity index (χ1n) is 8.22. The Labute approximate surface area is 153 Å². The van der Waals surface area contributed by atoms with Gasteiger partial charge in [0.2, 0.25) is 0 Å². The Kier molecular flexibility index (Phi) is 3.30. The fourth-order valence-electron chi connectivity index (χ4n) is 2.30. The number of fused-ring (bicyclic) bond motifs is 1. The molecule has 23 heavy (non-hydrogen) atoms. The molecular weight excluding hydrogens is 426 g/mol. The van der Waals surface area contributed by atoms with Crippen LogP contribution < -0.4 is 5.73 Å². The molecule has 0 unspecified atom stereocenters. The fraction of sp³-hybridized carbons (Fsp3) is 0.118. The molecule has 0 saturated carbocycles. The van der Waals surface area contributed by atoms with Crippen molar-refractivity contribution >= 4 is 54.3 Å². The highest BCUT2D eigenvalue weighted by molar-refractivity contribution is 9.11. The van der Waals surface area contributed by atoms with Crippen LogP contribution in [0.15, 0.2) is 43.6 Å². The van der Waals surface area contributed by atoms with Crippen molar-refractivity contribution in [2.24, 2.45) is 0 Å². The van der Waals surface area contributed by atoms with Gasteiger partial charge in [-0.3, -0.25) is 4.79 Å². The van der Waals surface area contributed by atoms with Crippen LogP contribution in [0.25, 0.3) is 11.0 Å². The quantitative estimate of drug-likeness (QED) is 0.441. The zero-order valence-electron chi connectivity index (χ0n) is 15.0. The lowest BCUT2D eigenvalue weighted by molar-refractivity contribution is 0.103. The van der Waals surface area contributed by atoms with Crippen LogP contribution in [-0.4, -0.2) is 10.9 Å². The van der Waals surface area contributed by atoms with E-state index < -0.39 is 5.78 Å². The first-order chi connectivity index (χ1) is 12.2. The molecule has 0 fully saturated rings. The van der Waals surface area contributed by atoms with Gasteiger partial charge in [-0.05, 0) is 56.1 Å². The number of anilines is 1. The lowest BCUT2D eigenvalue weighted by Gasteiger charge is -2.06. The summed E-state index contributed by atoms with van der Waals surface area (Å²) in [4.78, 5) is 13.2. The van der Waals surface area contributed by atoms with E-state index >= 15 is 0 Å². The molecule has 1 heterocycles. The minimum absolute atomic E-state index is 0.0283. The van der Waals surface area contributed by atoms with Crippen LogP contribution in [0.2, 0.25) is 0 Å². The van der Waals surface area contributed by atoms with Gasteiger partial charge in [0.05, 0.1) is 18.6 Å². The monoisotopic (exact) mass is 440 g/mol. The maximum absolute atomic E-state index is 13.2. The predicted molar refractivity (Wildman–Crippen MR) is 96.9 cm³/mol. The number of phenolic OH excluding ortho intramolecular Hbond substituents is 1. The highest BCUT2D eigenvalue weighted by atomic mass is 79.9. The second kappa shape index (κ2) is 6.02. The summed E-state index contributed by atoms with van der Waals surface area (Å²) in [7, 11) is 0. The highest BCUT2D eigenvalue weighted by Gasteiger charge is 2.22. The van der Waals surface area contributed by atoms with E-state index in [1.807, 2.05) is 0 Å². The average Bonchev–Trinajstić information content (AvgIpc) is 3.01. The largest absolute Gasteiger partial charge is 0.506 e. The molecule has 118 valence electrons. The van der Waals surface area contributed by atoms with Crippen LogP contribution in [0, 0.1) is 0 Å². The molecule has 3 aromatic rings. The van der Waals surface area contributed by atoms with Crippen molar-refractivity contribution in [1.82, 2.24) is 0 Å². The molecule has 0 aliphatic carbocycles. The smallest absolute Gasteiger partial charge is 0.197 e. The summed E-state index contributed by atoms with van der Waals surface area (Å²) in [6.45, 7) is 1.79. The maximum atomic E-state index is 13.2. The Morgan fingerprint density at radius 3 is 2.61 bits per heavy atom. The molecule has 0 aliphatic rings. The first kappa shape index (κ1) is 12.6. The van der Waals surface area contributed by atoms with E-state index in [1.165, 1.54) is 12.1 Å². The molecule has 0 bridgehead atoms. The van der Waals surface area contributed by atoms with Gasteiger partial charge in [0.15, 0.2) is 5.78 Å². The van der Waals surface area contributed by atoms with Crippen molar-refractivity contribution in [1.29, 1.82) is 0 Å². The summed E-state index contributed by atoms with van der Waals surface area (Å²) < 4.78 is 30.5. The van der Waals surface area contributed by atoms with E-state index in [9.17, 15) is 9.90 Å². The molecule has 4 nitrogen and oxygen atoms in total. The molecule has 0 spiro atoms. The highest BCUT2D eigenvalue weighted by Crippen LogP contribution is 2.36. The second-order valence-electron chi connectivity index (χ2n) is 4.86. The summed E-state index contributed by atoms with van der Waals surface area (Å²) in [5.41, 5.74) is 5.98. The molecule has 2 aromatic carbocycles. The van der Waals surface area contributed by atoms with Crippen molar-refractivity contribution in [3.8, 4) is 5.75 Å². The second-order valence-corrected chi connectivity index (χ2v) is 6.57. The summed E-state index contributed by atoms with van der Waals surface area (Å²) in [5.74, 6) is -0.151. The van der Waals surface area contributed by atoms with Crippen molar-refractivity contribution in [2.75, 3.05) is 5.73 Å². The summed E-state index contributed by atoms with van der Waals surface area (Å²) in [6, 6.07) is 2.16. The van der Waals surface area contributed by atoms with Crippen LogP contribution in [0.3, 0.4) is 0 Å². The number of halogens is 2. The molecule has 0 saturated heterocycles. The molecule has 0 atom stereocenters. The molecule has 1 aromatic heterocycles. The molecule has 0 radical (unpaired) electrons. The number of ketones is 1. The fourth-order valence-corrected chi connectivity index (χ4v) is 3.49. The number of aryl methyl sites for hydroxylation is 1. The Morgan fingerprint density at radius 1 is 1.35 bits per heavy atom. The van der Waals surface area contributed by atoms with Gasteiger partial charge in [-0.25, -0.2) is 0 Å². The minimum atomic E-state index is -0.431. The van der Waals surface area contributed by atoms with Gasteiger partial charge in [-0.2, -0.15) is 0 Å². The molecule has 0 aliphatic heterocycles. The summed E-state index contributed by atoms with van der Waals surface area (Å²) in [5, 5.41) is 9.95. The maximum Gasteiger partial charge on any atom is 0.197 e. The van der Waals surface area contributed by atoms with E-state index in [2.05, 4.69) is 31.9 Å². The summed E-state index contributed by atoms with van der Waals surface area (Å²) >= 11 is 6.38. The zero-order chi connectivity index (χ0) is 19.3. The normalized spacial score (nSPS) is 12.9. The van der Waals surface area contributed by atoms with Crippen LogP contribution in [0.5, 0.6) is 5.75 Å². The van der Waals surface area contributed by atoms with E-state index in [-0.39, 0.29) is 51.7 Å². The Bertz CT molecular complexity index is 1060. The van der Waals surface area contributed by atoms with Gasteiger partial charge in [0.25, 0.3) is 0 Å². The Hall–Kier alpha value is -1.79. The van der Waals surface area contributed by atoms with Crippen LogP contribution in [0.4, 0.5) is 5.69 Å². The number of hydrogen-bond acceptors (Lipinski definition) is 4. The number of benzene rings is 2. The number of carbonyl (C=O) groups is 1. The van der Waals surface area contributed by atoms with E-state index in [0.717, 1.165) is 0 Å². The molecule has 3 rings (SSSR count). The number of furan rings is 1. The van der Waals surface area contributed by atoms with E-state index in [4.69, 9.17) is 14.3 Å². The van der Waals surface area contributed by atoms with Gasteiger partial charge >= 0.3 is 0 Å². The SMILES string of the molecule is [2H]c1c(N)c([2H])c2oc(CC)c(C(=O)c3cc(Br)c(O)c(Br)c3)c2c1[2H]. The molecule has 3 N–H and O–H groups in total. The number of hydrogen-bond donors (Lipinski definition) is 2.